The van der Waals surface area contributed by atoms with Gasteiger partial charge in [-0.2, -0.15) is 0 Å². The second kappa shape index (κ2) is 4.70. The van der Waals surface area contributed by atoms with Gasteiger partial charge in [0.25, 0.3) is 0 Å². The van der Waals surface area contributed by atoms with Crippen molar-refractivity contribution < 1.29 is 4.74 Å². The van der Waals surface area contributed by atoms with Gasteiger partial charge in [-0.1, -0.05) is 0 Å². The third kappa shape index (κ3) is 2.53. The summed E-state index contributed by atoms with van der Waals surface area (Å²) in [7, 11) is 1.66. The lowest BCUT2D eigenvalue weighted by Crippen LogP contribution is -2.13. The van der Waals surface area contributed by atoms with Gasteiger partial charge in [0.05, 0.1) is 19.3 Å². The highest BCUT2D eigenvalue weighted by molar-refractivity contribution is 5.27. The first kappa shape index (κ1) is 10.5. The van der Waals surface area contributed by atoms with Crippen LogP contribution in [0.25, 0.3) is 0 Å². The second-order valence-electron chi connectivity index (χ2n) is 3.56. The Morgan fingerprint density at radius 2 is 2.06 bits per heavy atom. The van der Waals surface area contributed by atoms with Gasteiger partial charge < -0.3 is 10.2 Å². The molecule has 2 aromatic rings. The van der Waals surface area contributed by atoms with E-state index in [0.717, 1.165) is 17.1 Å². The minimum absolute atomic E-state index is 0.673. The minimum atomic E-state index is 0.673. The predicted octanol–water partition coefficient (Wildman–Crippen LogP) is 1.94. The summed E-state index contributed by atoms with van der Waals surface area (Å²) in [5, 5.41) is 0. The normalized spacial score (nSPS) is 10.1. The third-order valence-electron chi connectivity index (χ3n) is 2.26. The van der Waals surface area contributed by atoms with Crippen molar-refractivity contribution in [3.8, 4) is 5.75 Å². The molecule has 0 unspecified atom stereocenters. The van der Waals surface area contributed by atoms with Crippen LogP contribution in [0.1, 0.15) is 11.4 Å². The number of ether oxygens (including phenoxy) is 1. The lowest BCUT2D eigenvalue weighted by Gasteiger charge is -2.09. The molecule has 1 N–H and O–H groups in total. The molecule has 2 rings (SSSR count). The predicted molar refractivity (Wildman–Crippen MR) is 63.0 cm³/mol. The Kier molecular flexibility index (Phi) is 3.10. The molecule has 2 heterocycles. The number of nitrogens with one attached hydrogen (secondary N) is 1. The fraction of sp³-hybridized carbons (Fsp3) is 0.250. The van der Waals surface area contributed by atoms with Gasteiger partial charge >= 0.3 is 0 Å². The molecule has 0 aliphatic rings. The molecule has 0 aromatic carbocycles. The highest BCUT2D eigenvalue weighted by atomic mass is 16.5. The van der Waals surface area contributed by atoms with Gasteiger partial charge in [0, 0.05) is 30.2 Å². The van der Waals surface area contributed by atoms with Crippen molar-refractivity contribution in [1.82, 2.24) is 9.66 Å². The van der Waals surface area contributed by atoms with Crippen LogP contribution in [-0.2, 0) is 6.54 Å². The van der Waals surface area contributed by atoms with Gasteiger partial charge in [-0.25, -0.2) is 0 Å². The average molecular weight is 217 g/mol. The summed E-state index contributed by atoms with van der Waals surface area (Å²) in [6.45, 7) is 2.63. The van der Waals surface area contributed by atoms with E-state index >= 15 is 0 Å². The highest BCUT2D eigenvalue weighted by Crippen LogP contribution is 2.13. The van der Waals surface area contributed by atoms with E-state index in [-0.39, 0.29) is 0 Å². The van der Waals surface area contributed by atoms with Crippen LogP contribution >= 0.6 is 0 Å². The van der Waals surface area contributed by atoms with E-state index < -0.39 is 0 Å². The summed E-state index contributed by atoms with van der Waals surface area (Å²) in [5.74, 6) is 0.844. The van der Waals surface area contributed by atoms with Gasteiger partial charge in [0.1, 0.15) is 5.75 Å². The minimum Gasteiger partial charge on any atom is -0.497 e. The molecular formula is C12H15N3O. The molecule has 0 radical (unpaired) electrons. The SMILES string of the molecule is COc1cc(C)nc(CNn2cccc2)c1. The number of aromatic nitrogens is 2. The van der Waals surface area contributed by atoms with E-state index in [1.165, 1.54) is 0 Å². The van der Waals surface area contributed by atoms with E-state index in [0.29, 0.717) is 6.54 Å². The quantitative estimate of drug-likeness (QED) is 0.850. The molecule has 0 saturated heterocycles. The van der Waals surface area contributed by atoms with Gasteiger partial charge in [-0.15, -0.1) is 0 Å². The number of methoxy groups -OCH3 is 1. The summed E-state index contributed by atoms with van der Waals surface area (Å²) in [4.78, 5) is 4.43. The Balaban J connectivity index is 2.06. The molecule has 0 aliphatic heterocycles. The number of nitrogens with zero attached hydrogens (tertiary/aromatic N) is 2. The zero-order valence-corrected chi connectivity index (χ0v) is 9.47. The summed E-state index contributed by atoms with van der Waals surface area (Å²) in [6.07, 6.45) is 3.90. The lowest BCUT2D eigenvalue weighted by atomic mass is 10.3. The summed E-state index contributed by atoms with van der Waals surface area (Å²) >= 11 is 0. The lowest BCUT2D eigenvalue weighted by molar-refractivity contribution is 0.413. The van der Waals surface area contributed by atoms with E-state index in [1.54, 1.807) is 7.11 Å². The smallest absolute Gasteiger partial charge is 0.122 e. The van der Waals surface area contributed by atoms with Crippen LogP contribution in [-0.4, -0.2) is 16.8 Å². The number of pyridine rings is 1. The first-order valence-electron chi connectivity index (χ1n) is 5.16. The average Bonchev–Trinajstić information content (AvgIpc) is 2.78. The van der Waals surface area contributed by atoms with Gasteiger partial charge in [-0.3, -0.25) is 9.66 Å². The Morgan fingerprint density at radius 3 is 2.75 bits per heavy atom. The van der Waals surface area contributed by atoms with Crippen LogP contribution in [0.15, 0.2) is 36.7 Å². The highest BCUT2D eigenvalue weighted by Gasteiger charge is 2.00. The van der Waals surface area contributed by atoms with Crippen molar-refractivity contribution in [2.24, 2.45) is 0 Å². The fourth-order valence-electron chi connectivity index (χ4n) is 1.52. The molecule has 0 bridgehead atoms. The Bertz CT molecular complexity index is 451. The number of hydrogen-bond donors (Lipinski definition) is 1. The molecule has 0 aliphatic carbocycles. The molecule has 4 heteroatoms. The Hall–Kier alpha value is -1.97. The topological polar surface area (TPSA) is 39.1 Å². The van der Waals surface area contributed by atoms with Crippen molar-refractivity contribution in [2.45, 2.75) is 13.5 Å². The van der Waals surface area contributed by atoms with Crippen molar-refractivity contribution in [3.63, 3.8) is 0 Å². The van der Waals surface area contributed by atoms with Crippen LogP contribution < -0.4 is 10.2 Å². The zero-order valence-electron chi connectivity index (χ0n) is 9.47. The molecule has 0 saturated carbocycles. The Labute approximate surface area is 94.9 Å². The zero-order chi connectivity index (χ0) is 11.4. The third-order valence-corrected chi connectivity index (χ3v) is 2.26. The van der Waals surface area contributed by atoms with Crippen LogP contribution in [0.5, 0.6) is 5.75 Å². The van der Waals surface area contributed by atoms with Crippen LogP contribution in [0, 0.1) is 6.92 Å². The molecule has 4 nitrogen and oxygen atoms in total. The van der Waals surface area contributed by atoms with Crippen molar-refractivity contribution >= 4 is 0 Å². The van der Waals surface area contributed by atoms with Gasteiger partial charge in [0.2, 0.25) is 0 Å². The van der Waals surface area contributed by atoms with Crippen LogP contribution in [0.2, 0.25) is 0 Å². The summed E-state index contributed by atoms with van der Waals surface area (Å²) in [5.41, 5.74) is 5.14. The number of hydrogen-bond acceptors (Lipinski definition) is 3. The molecule has 0 atom stereocenters. The van der Waals surface area contributed by atoms with E-state index in [1.807, 2.05) is 48.3 Å². The standard InChI is InChI=1S/C12H15N3O/c1-10-7-12(16-2)8-11(14-10)9-13-15-5-3-4-6-15/h3-8,13H,9H2,1-2H3. The van der Waals surface area contributed by atoms with Crippen LogP contribution in [0.4, 0.5) is 0 Å². The first-order chi connectivity index (χ1) is 7.78. The van der Waals surface area contributed by atoms with E-state index in [2.05, 4.69) is 10.4 Å². The molecule has 84 valence electrons. The molecule has 0 amide bonds. The monoisotopic (exact) mass is 217 g/mol. The number of aryl methyl sites for hydroxylation is 1. The first-order valence-corrected chi connectivity index (χ1v) is 5.16. The van der Waals surface area contributed by atoms with Gasteiger partial charge in [0.15, 0.2) is 0 Å². The number of rotatable bonds is 4. The van der Waals surface area contributed by atoms with Crippen molar-refractivity contribution in [3.05, 3.63) is 48.0 Å². The van der Waals surface area contributed by atoms with Crippen molar-refractivity contribution in [1.29, 1.82) is 0 Å². The summed E-state index contributed by atoms with van der Waals surface area (Å²) in [6, 6.07) is 7.79. The maximum absolute atomic E-state index is 5.20. The Morgan fingerprint density at radius 1 is 1.31 bits per heavy atom. The maximum Gasteiger partial charge on any atom is 0.122 e. The second-order valence-corrected chi connectivity index (χ2v) is 3.56. The van der Waals surface area contributed by atoms with E-state index in [9.17, 15) is 0 Å². The van der Waals surface area contributed by atoms with Crippen LogP contribution in [0.3, 0.4) is 0 Å². The summed E-state index contributed by atoms with van der Waals surface area (Å²) < 4.78 is 7.10. The van der Waals surface area contributed by atoms with E-state index in [4.69, 9.17) is 4.74 Å². The van der Waals surface area contributed by atoms with Crippen molar-refractivity contribution in [2.75, 3.05) is 12.5 Å². The largest absolute Gasteiger partial charge is 0.497 e. The van der Waals surface area contributed by atoms with Gasteiger partial charge in [-0.05, 0) is 19.1 Å². The maximum atomic E-state index is 5.20. The molecule has 0 spiro atoms. The molecule has 16 heavy (non-hydrogen) atoms. The fourth-order valence-corrected chi connectivity index (χ4v) is 1.52. The molecule has 2 aromatic heterocycles. The molecular weight excluding hydrogens is 202 g/mol. The molecule has 0 fully saturated rings.